The molecule has 2 aromatic carbocycles. The first-order chi connectivity index (χ1) is 14.6. The van der Waals surface area contributed by atoms with Gasteiger partial charge in [0.2, 0.25) is 11.7 Å². The lowest BCUT2D eigenvalue weighted by molar-refractivity contribution is -0.147. The molecule has 10 heteroatoms. The molecular weight excluding hydrogens is 418 g/mol. The zero-order valence-corrected chi connectivity index (χ0v) is 16.3. The molecule has 0 aliphatic rings. The third-order valence-electron chi connectivity index (χ3n) is 4.65. The van der Waals surface area contributed by atoms with Gasteiger partial charge >= 0.3 is 12.1 Å². The number of hydrogen-bond acceptors (Lipinski definition) is 3. The Morgan fingerprint density at radius 1 is 1.06 bits per heavy atom. The van der Waals surface area contributed by atoms with E-state index in [-0.39, 0.29) is 31.4 Å². The normalized spacial score (nSPS) is 11.6. The van der Waals surface area contributed by atoms with Gasteiger partial charge in [-0.2, -0.15) is 13.2 Å². The lowest BCUT2D eigenvalue weighted by Crippen LogP contribution is -2.35. The number of nitrogens with zero attached hydrogens (tertiary/aromatic N) is 3. The summed E-state index contributed by atoms with van der Waals surface area (Å²) in [6, 6.07) is 11.4. The monoisotopic (exact) mass is 437 g/mol. The zero-order valence-electron chi connectivity index (χ0n) is 16.3. The minimum atomic E-state index is -4.65. The predicted octanol–water partition coefficient (Wildman–Crippen LogP) is 4.09. The van der Waals surface area contributed by atoms with Crippen molar-refractivity contribution in [2.24, 2.45) is 0 Å². The van der Waals surface area contributed by atoms with Crippen molar-refractivity contribution in [3.05, 3.63) is 65.7 Å². The van der Waals surface area contributed by atoms with Crippen molar-refractivity contribution in [3.63, 3.8) is 0 Å². The molecule has 0 saturated heterocycles. The van der Waals surface area contributed by atoms with E-state index in [4.69, 9.17) is 5.11 Å². The summed E-state index contributed by atoms with van der Waals surface area (Å²) >= 11 is 0. The molecule has 3 rings (SSSR count). The highest BCUT2D eigenvalue weighted by atomic mass is 19.4. The molecule has 0 saturated carbocycles. The number of aryl methyl sites for hydroxylation is 1. The van der Waals surface area contributed by atoms with E-state index >= 15 is 0 Å². The molecular formula is C21H19F4N3O3. The van der Waals surface area contributed by atoms with E-state index in [0.29, 0.717) is 11.1 Å². The van der Waals surface area contributed by atoms with Crippen LogP contribution in [-0.2, 0) is 28.9 Å². The van der Waals surface area contributed by atoms with Crippen LogP contribution in [0.5, 0.6) is 0 Å². The molecule has 1 heterocycles. The standard InChI is InChI=1S/C21H19F4N3O3/c22-15-9-7-14(8-10-15)12-27(13-19(30)31)18(29)6-3-11-28-17-5-2-1-4-16(17)26-20(28)21(23,24)25/h1-2,4-5,7-10H,3,6,11-13H2,(H,30,31). The molecule has 3 aromatic rings. The summed E-state index contributed by atoms with van der Waals surface area (Å²) in [7, 11) is 0. The van der Waals surface area contributed by atoms with Gasteiger partial charge in [-0.1, -0.05) is 24.3 Å². The summed E-state index contributed by atoms with van der Waals surface area (Å²) in [5.74, 6) is -3.26. The average molecular weight is 437 g/mol. The second kappa shape index (κ2) is 9.15. The molecule has 0 bridgehead atoms. The molecule has 0 radical (unpaired) electrons. The molecule has 0 unspecified atom stereocenters. The number of halogens is 4. The van der Waals surface area contributed by atoms with E-state index in [1.807, 2.05) is 0 Å². The number of carboxylic acid groups (broad SMARTS) is 1. The van der Waals surface area contributed by atoms with E-state index in [1.165, 1.54) is 36.4 Å². The molecule has 31 heavy (non-hydrogen) atoms. The average Bonchev–Trinajstić information content (AvgIpc) is 3.08. The predicted molar refractivity (Wildman–Crippen MR) is 103 cm³/mol. The Labute approximate surface area is 174 Å². The van der Waals surface area contributed by atoms with Gasteiger partial charge in [0.1, 0.15) is 12.4 Å². The van der Waals surface area contributed by atoms with E-state index in [2.05, 4.69) is 4.98 Å². The maximum Gasteiger partial charge on any atom is 0.449 e. The number of hydrogen-bond donors (Lipinski definition) is 1. The van der Waals surface area contributed by atoms with E-state index in [1.54, 1.807) is 12.1 Å². The number of carbonyl (C=O) groups excluding carboxylic acids is 1. The highest BCUT2D eigenvalue weighted by Crippen LogP contribution is 2.31. The van der Waals surface area contributed by atoms with Crippen molar-refractivity contribution in [2.45, 2.75) is 32.1 Å². The van der Waals surface area contributed by atoms with Crippen molar-refractivity contribution in [1.29, 1.82) is 0 Å². The highest BCUT2D eigenvalue weighted by Gasteiger charge is 2.37. The highest BCUT2D eigenvalue weighted by molar-refractivity contribution is 5.81. The van der Waals surface area contributed by atoms with Crippen LogP contribution in [0.2, 0.25) is 0 Å². The largest absolute Gasteiger partial charge is 0.480 e. The third kappa shape index (κ3) is 5.59. The maximum atomic E-state index is 13.4. The number of benzene rings is 2. The number of imidazole rings is 1. The van der Waals surface area contributed by atoms with Crippen LogP contribution in [0.1, 0.15) is 24.2 Å². The van der Waals surface area contributed by atoms with Crippen LogP contribution in [0.25, 0.3) is 11.0 Å². The van der Waals surface area contributed by atoms with Crippen LogP contribution >= 0.6 is 0 Å². The van der Waals surface area contributed by atoms with Crippen LogP contribution in [0.3, 0.4) is 0 Å². The van der Waals surface area contributed by atoms with Gasteiger partial charge in [-0.25, -0.2) is 9.37 Å². The molecule has 0 aliphatic heterocycles. The molecule has 0 spiro atoms. The zero-order chi connectivity index (χ0) is 22.6. The van der Waals surface area contributed by atoms with Gasteiger partial charge in [0, 0.05) is 19.5 Å². The first-order valence-corrected chi connectivity index (χ1v) is 9.41. The Hall–Kier alpha value is -3.43. The lowest BCUT2D eigenvalue weighted by atomic mass is 10.2. The Morgan fingerprint density at radius 2 is 1.74 bits per heavy atom. The SMILES string of the molecule is O=C(O)CN(Cc1ccc(F)cc1)C(=O)CCCn1c(C(F)(F)F)nc2ccccc21. The Bertz CT molecular complexity index is 1080. The van der Waals surface area contributed by atoms with Gasteiger partial charge in [-0.3, -0.25) is 9.59 Å². The number of para-hydroxylation sites is 2. The molecule has 0 fully saturated rings. The quantitative estimate of drug-likeness (QED) is 0.539. The molecule has 6 nitrogen and oxygen atoms in total. The number of carbonyl (C=O) groups is 2. The fourth-order valence-corrected chi connectivity index (χ4v) is 3.27. The fourth-order valence-electron chi connectivity index (χ4n) is 3.27. The van der Waals surface area contributed by atoms with E-state index in [0.717, 1.165) is 9.47 Å². The minimum absolute atomic E-state index is 0.0484. The van der Waals surface area contributed by atoms with Gasteiger partial charge < -0.3 is 14.6 Å². The summed E-state index contributed by atoms with van der Waals surface area (Å²) in [5.41, 5.74) is 1.04. The molecule has 1 N–H and O–H groups in total. The van der Waals surface area contributed by atoms with Crippen molar-refractivity contribution in [1.82, 2.24) is 14.5 Å². The summed E-state index contributed by atoms with van der Waals surface area (Å²) < 4.78 is 54.2. The van der Waals surface area contributed by atoms with Gasteiger partial charge in [-0.15, -0.1) is 0 Å². The van der Waals surface area contributed by atoms with Crippen molar-refractivity contribution < 1.29 is 32.3 Å². The summed E-state index contributed by atoms with van der Waals surface area (Å²) in [5, 5.41) is 9.08. The number of rotatable bonds is 8. The first kappa shape index (κ1) is 22.3. The number of fused-ring (bicyclic) bond motifs is 1. The minimum Gasteiger partial charge on any atom is -0.480 e. The second-order valence-corrected chi connectivity index (χ2v) is 6.95. The number of carboxylic acids is 1. The first-order valence-electron chi connectivity index (χ1n) is 9.41. The molecule has 1 aromatic heterocycles. The summed E-state index contributed by atoms with van der Waals surface area (Å²) in [4.78, 5) is 28.4. The van der Waals surface area contributed by atoms with Crippen LogP contribution in [0.15, 0.2) is 48.5 Å². The van der Waals surface area contributed by atoms with Gasteiger partial charge in [0.15, 0.2) is 0 Å². The molecule has 0 aliphatic carbocycles. The van der Waals surface area contributed by atoms with Gasteiger partial charge in [0.25, 0.3) is 0 Å². The molecule has 164 valence electrons. The fraction of sp³-hybridized carbons (Fsp3) is 0.286. The second-order valence-electron chi connectivity index (χ2n) is 6.95. The molecule has 1 amide bonds. The maximum absolute atomic E-state index is 13.4. The Balaban J connectivity index is 1.71. The van der Waals surface area contributed by atoms with Crippen LogP contribution in [0.4, 0.5) is 17.6 Å². The smallest absolute Gasteiger partial charge is 0.449 e. The van der Waals surface area contributed by atoms with Crippen LogP contribution in [-0.4, -0.2) is 38.0 Å². The van der Waals surface area contributed by atoms with Crippen LogP contribution in [0, 0.1) is 5.82 Å². The third-order valence-corrected chi connectivity index (χ3v) is 4.65. The Morgan fingerprint density at radius 3 is 2.39 bits per heavy atom. The van der Waals surface area contributed by atoms with E-state index < -0.39 is 36.2 Å². The summed E-state index contributed by atoms with van der Waals surface area (Å²) in [6.07, 6.45) is -4.75. The number of aliphatic carboxylic acids is 1. The molecule has 0 atom stereocenters. The van der Waals surface area contributed by atoms with Crippen molar-refractivity contribution in [3.8, 4) is 0 Å². The van der Waals surface area contributed by atoms with Gasteiger partial charge in [0.05, 0.1) is 11.0 Å². The topological polar surface area (TPSA) is 75.4 Å². The van der Waals surface area contributed by atoms with E-state index in [9.17, 15) is 27.2 Å². The lowest BCUT2D eigenvalue weighted by Gasteiger charge is -2.21. The van der Waals surface area contributed by atoms with Crippen molar-refractivity contribution in [2.75, 3.05) is 6.54 Å². The number of alkyl halides is 3. The van der Waals surface area contributed by atoms with Gasteiger partial charge in [-0.05, 0) is 36.2 Å². The van der Waals surface area contributed by atoms with Crippen molar-refractivity contribution >= 4 is 22.9 Å². The number of amides is 1. The summed E-state index contributed by atoms with van der Waals surface area (Å²) in [6.45, 7) is -0.732. The Kier molecular flexibility index (Phi) is 6.57. The van der Waals surface area contributed by atoms with Crippen LogP contribution < -0.4 is 0 Å². The number of aromatic nitrogens is 2.